The Labute approximate surface area is 120 Å². The van der Waals surface area contributed by atoms with E-state index in [1.54, 1.807) is 11.8 Å². The number of hydrogen-bond acceptors (Lipinski definition) is 4. The van der Waals surface area contributed by atoms with Gasteiger partial charge in [-0.15, -0.1) is 0 Å². The van der Waals surface area contributed by atoms with Gasteiger partial charge >= 0.3 is 0 Å². The highest BCUT2D eigenvalue weighted by Gasteiger charge is 2.29. The second-order valence-corrected chi connectivity index (χ2v) is 6.71. The van der Waals surface area contributed by atoms with Crippen molar-refractivity contribution in [2.24, 2.45) is 5.92 Å². The minimum atomic E-state index is -0.0260. The topological polar surface area (TPSA) is 44.9 Å². The van der Waals surface area contributed by atoms with Crippen molar-refractivity contribution in [1.29, 1.82) is 0 Å². The summed E-state index contributed by atoms with van der Waals surface area (Å²) in [6.07, 6.45) is 5.74. The summed E-state index contributed by atoms with van der Waals surface area (Å²) in [5.74, 6) is 1.96. The standard InChI is InChI=1S/C14H26N2O2S/c1-11-4-3-6-16(9-11)14(17)13(5-7-19-2)15-8-12-10-18-12/h11-13,15H,3-10H2,1-2H3. The van der Waals surface area contributed by atoms with Crippen LogP contribution < -0.4 is 5.32 Å². The van der Waals surface area contributed by atoms with Crippen LogP contribution in [0.5, 0.6) is 0 Å². The van der Waals surface area contributed by atoms with Crippen LogP contribution in [0, 0.1) is 5.92 Å². The van der Waals surface area contributed by atoms with Gasteiger partial charge in [0.25, 0.3) is 0 Å². The first-order chi connectivity index (χ1) is 9.20. The van der Waals surface area contributed by atoms with Gasteiger partial charge in [0, 0.05) is 19.6 Å². The fourth-order valence-corrected chi connectivity index (χ4v) is 3.09. The molecule has 0 aromatic carbocycles. The average molecular weight is 286 g/mol. The van der Waals surface area contributed by atoms with Crippen molar-refractivity contribution in [1.82, 2.24) is 10.2 Å². The zero-order valence-corrected chi connectivity index (χ0v) is 12.9. The van der Waals surface area contributed by atoms with Crippen LogP contribution in [-0.2, 0) is 9.53 Å². The van der Waals surface area contributed by atoms with Gasteiger partial charge in [0.2, 0.25) is 5.91 Å². The summed E-state index contributed by atoms with van der Waals surface area (Å²) >= 11 is 1.80. The summed E-state index contributed by atoms with van der Waals surface area (Å²) in [5, 5.41) is 3.40. The summed E-state index contributed by atoms with van der Waals surface area (Å²) in [5.41, 5.74) is 0. The molecule has 3 unspecified atom stereocenters. The highest BCUT2D eigenvalue weighted by atomic mass is 32.2. The van der Waals surface area contributed by atoms with Crippen molar-refractivity contribution in [2.75, 3.05) is 38.2 Å². The number of hydrogen-bond donors (Lipinski definition) is 1. The lowest BCUT2D eigenvalue weighted by molar-refractivity contribution is -0.135. The van der Waals surface area contributed by atoms with E-state index in [0.717, 1.165) is 44.8 Å². The maximum atomic E-state index is 12.6. The first-order valence-corrected chi connectivity index (χ1v) is 8.72. The van der Waals surface area contributed by atoms with Crippen LogP contribution in [0.15, 0.2) is 0 Å². The fourth-order valence-electron chi connectivity index (χ4n) is 2.62. The Kier molecular flexibility index (Phi) is 5.98. The molecular formula is C14H26N2O2S. The van der Waals surface area contributed by atoms with E-state index in [1.807, 2.05) is 0 Å². The van der Waals surface area contributed by atoms with Gasteiger partial charge in [-0.05, 0) is 37.2 Å². The summed E-state index contributed by atoms with van der Waals surface area (Å²) in [4.78, 5) is 14.7. The molecule has 0 aromatic rings. The number of nitrogens with zero attached hydrogens (tertiary/aromatic N) is 1. The lowest BCUT2D eigenvalue weighted by Gasteiger charge is -2.34. The Balaban J connectivity index is 1.84. The Morgan fingerprint density at radius 2 is 2.37 bits per heavy atom. The van der Waals surface area contributed by atoms with Gasteiger partial charge in [0.1, 0.15) is 0 Å². The lowest BCUT2D eigenvalue weighted by atomic mass is 9.99. The van der Waals surface area contributed by atoms with Gasteiger partial charge in [0.05, 0.1) is 18.8 Å². The highest BCUT2D eigenvalue weighted by Crippen LogP contribution is 2.17. The smallest absolute Gasteiger partial charge is 0.239 e. The van der Waals surface area contributed by atoms with Crippen LogP contribution in [-0.4, -0.2) is 61.2 Å². The van der Waals surface area contributed by atoms with E-state index >= 15 is 0 Å². The number of carbonyl (C=O) groups is 1. The van der Waals surface area contributed by atoms with E-state index in [9.17, 15) is 4.79 Å². The van der Waals surface area contributed by atoms with Gasteiger partial charge in [-0.1, -0.05) is 6.92 Å². The second-order valence-electron chi connectivity index (χ2n) is 5.73. The molecule has 0 aliphatic carbocycles. The van der Waals surface area contributed by atoms with E-state index in [2.05, 4.69) is 23.4 Å². The maximum Gasteiger partial charge on any atom is 0.239 e. The van der Waals surface area contributed by atoms with Gasteiger partial charge in [-0.3, -0.25) is 4.79 Å². The number of thioether (sulfide) groups is 1. The number of amides is 1. The minimum absolute atomic E-state index is 0.0260. The van der Waals surface area contributed by atoms with Gasteiger partial charge in [-0.25, -0.2) is 0 Å². The number of carbonyl (C=O) groups excluding carboxylic acids is 1. The molecule has 4 nitrogen and oxygen atoms in total. The molecule has 0 aromatic heterocycles. The molecule has 110 valence electrons. The molecule has 3 atom stereocenters. The molecule has 2 saturated heterocycles. The highest BCUT2D eigenvalue weighted by molar-refractivity contribution is 7.98. The molecule has 1 amide bonds. The van der Waals surface area contributed by atoms with Gasteiger partial charge < -0.3 is 15.0 Å². The molecule has 0 saturated carbocycles. The van der Waals surface area contributed by atoms with Crippen LogP contribution in [0.4, 0.5) is 0 Å². The summed E-state index contributed by atoms with van der Waals surface area (Å²) < 4.78 is 5.21. The van der Waals surface area contributed by atoms with E-state index < -0.39 is 0 Å². The van der Waals surface area contributed by atoms with Crippen LogP contribution >= 0.6 is 11.8 Å². The number of piperidine rings is 1. The number of rotatable bonds is 7. The van der Waals surface area contributed by atoms with Crippen molar-refractivity contribution in [2.45, 2.75) is 38.3 Å². The quantitative estimate of drug-likeness (QED) is 0.718. The van der Waals surface area contributed by atoms with Crippen molar-refractivity contribution >= 4 is 17.7 Å². The fraction of sp³-hybridized carbons (Fsp3) is 0.929. The molecule has 2 heterocycles. The van der Waals surface area contributed by atoms with E-state index in [-0.39, 0.29) is 6.04 Å². The number of likely N-dealkylation sites (tertiary alicyclic amines) is 1. The molecule has 2 aliphatic rings. The first-order valence-electron chi connectivity index (χ1n) is 7.33. The SMILES string of the molecule is CSCCC(NCC1CO1)C(=O)N1CCCC(C)C1. The molecular weight excluding hydrogens is 260 g/mol. The monoisotopic (exact) mass is 286 g/mol. The molecule has 5 heteroatoms. The Hall–Kier alpha value is -0.260. The van der Waals surface area contributed by atoms with E-state index in [0.29, 0.717) is 17.9 Å². The van der Waals surface area contributed by atoms with Crippen molar-refractivity contribution in [3.63, 3.8) is 0 Å². The number of nitrogens with one attached hydrogen (secondary N) is 1. The normalized spacial score (nSPS) is 28.2. The predicted molar refractivity (Wildman–Crippen MR) is 79.5 cm³/mol. The van der Waals surface area contributed by atoms with Crippen molar-refractivity contribution < 1.29 is 9.53 Å². The van der Waals surface area contributed by atoms with Gasteiger partial charge in [-0.2, -0.15) is 11.8 Å². The third-order valence-electron chi connectivity index (χ3n) is 3.87. The molecule has 0 bridgehead atoms. The summed E-state index contributed by atoms with van der Waals surface area (Å²) in [6.45, 7) is 5.75. The Bertz CT molecular complexity index is 297. The largest absolute Gasteiger partial charge is 0.372 e. The number of epoxide rings is 1. The zero-order valence-electron chi connectivity index (χ0n) is 12.1. The van der Waals surface area contributed by atoms with Gasteiger partial charge in [0.15, 0.2) is 0 Å². The Morgan fingerprint density at radius 1 is 1.58 bits per heavy atom. The third-order valence-corrected chi connectivity index (χ3v) is 4.52. The predicted octanol–water partition coefficient (Wildman–Crippen LogP) is 1.35. The second kappa shape index (κ2) is 7.50. The van der Waals surface area contributed by atoms with E-state index in [4.69, 9.17) is 4.74 Å². The number of ether oxygens (including phenoxy) is 1. The third kappa shape index (κ3) is 4.97. The van der Waals surface area contributed by atoms with Crippen molar-refractivity contribution in [3.05, 3.63) is 0 Å². The Morgan fingerprint density at radius 3 is 3.00 bits per heavy atom. The average Bonchev–Trinajstić information content (AvgIpc) is 3.22. The van der Waals surface area contributed by atoms with Crippen molar-refractivity contribution in [3.8, 4) is 0 Å². The summed E-state index contributed by atoms with van der Waals surface area (Å²) in [7, 11) is 0. The molecule has 0 spiro atoms. The first kappa shape index (κ1) is 15.1. The molecule has 19 heavy (non-hydrogen) atoms. The molecule has 2 aliphatic heterocycles. The van der Waals surface area contributed by atoms with E-state index in [1.165, 1.54) is 6.42 Å². The van der Waals surface area contributed by atoms with Crippen LogP contribution in [0.3, 0.4) is 0 Å². The molecule has 2 fully saturated rings. The maximum absolute atomic E-state index is 12.6. The minimum Gasteiger partial charge on any atom is -0.372 e. The lowest BCUT2D eigenvalue weighted by Crippen LogP contribution is -2.50. The molecule has 0 radical (unpaired) electrons. The zero-order chi connectivity index (χ0) is 13.7. The molecule has 1 N–H and O–H groups in total. The van der Waals surface area contributed by atoms with Crippen LogP contribution in [0.1, 0.15) is 26.2 Å². The molecule has 2 rings (SSSR count). The van der Waals surface area contributed by atoms with Crippen LogP contribution in [0.2, 0.25) is 0 Å². The summed E-state index contributed by atoms with van der Waals surface area (Å²) in [6, 6.07) is -0.0260. The van der Waals surface area contributed by atoms with Crippen LogP contribution in [0.25, 0.3) is 0 Å².